The Bertz CT molecular complexity index is 496. The minimum Gasteiger partial charge on any atom is -0.324 e. The molecule has 1 saturated heterocycles. The standard InChI is InChI=1S/C15H22ClN3O/c1-11-4-5-12(10-13(11)16)18-14(20)19-8-6-15(2,17-3)7-9-19/h4-5,10,17H,6-9H2,1-3H3,(H,18,20). The van der Waals surface area contributed by atoms with Crippen molar-refractivity contribution in [3.8, 4) is 0 Å². The van der Waals surface area contributed by atoms with Crippen LogP contribution in [0.5, 0.6) is 0 Å². The van der Waals surface area contributed by atoms with Crippen LogP contribution in [0.15, 0.2) is 18.2 Å². The molecular weight excluding hydrogens is 274 g/mol. The molecule has 0 bridgehead atoms. The highest BCUT2D eigenvalue weighted by atomic mass is 35.5. The molecule has 20 heavy (non-hydrogen) atoms. The first kappa shape index (κ1) is 15.1. The lowest BCUT2D eigenvalue weighted by Gasteiger charge is -2.39. The lowest BCUT2D eigenvalue weighted by Crippen LogP contribution is -2.52. The Labute approximate surface area is 125 Å². The number of rotatable bonds is 2. The number of carbonyl (C=O) groups excluding carboxylic acids is 1. The second-order valence-electron chi connectivity index (χ2n) is 5.69. The molecule has 2 N–H and O–H groups in total. The molecule has 1 aromatic carbocycles. The van der Waals surface area contributed by atoms with Gasteiger partial charge in [-0.15, -0.1) is 0 Å². The number of amides is 2. The van der Waals surface area contributed by atoms with Gasteiger partial charge in [0, 0.05) is 29.3 Å². The lowest BCUT2D eigenvalue weighted by molar-refractivity contribution is 0.163. The summed E-state index contributed by atoms with van der Waals surface area (Å²) in [6.07, 6.45) is 1.93. The van der Waals surface area contributed by atoms with Gasteiger partial charge >= 0.3 is 6.03 Å². The zero-order valence-corrected chi connectivity index (χ0v) is 13.0. The third kappa shape index (κ3) is 3.44. The monoisotopic (exact) mass is 295 g/mol. The van der Waals surface area contributed by atoms with Crippen LogP contribution in [-0.4, -0.2) is 36.6 Å². The number of hydrogen-bond donors (Lipinski definition) is 2. The molecule has 2 rings (SSSR count). The number of nitrogens with zero attached hydrogens (tertiary/aromatic N) is 1. The predicted molar refractivity (Wildman–Crippen MR) is 83.5 cm³/mol. The quantitative estimate of drug-likeness (QED) is 0.879. The predicted octanol–water partition coefficient (Wildman–Crippen LogP) is 3.25. The van der Waals surface area contributed by atoms with Crippen LogP contribution < -0.4 is 10.6 Å². The molecule has 4 nitrogen and oxygen atoms in total. The van der Waals surface area contributed by atoms with E-state index in [0.717, 1.165) is 37.2 Å². The van der Waals surface area contributed by atoms with E-state index in [1.807, 2.05) is 31.0 Å². The first-order valence-electron chi connectivity index (χ1n) is 6.94. The van der Waals surface area contributed by atoms with Gasteiger partial charge in [0.05, 0.1) is 0 Å². The summed E-state index contributed by atoms with van der Waals surface area (Å²) in [5.74, 6) is 0. The van der Waals surface area contributed by atoms with Gasteiger partial charge in [0.15, 0.2) is 0 Å². The van der Waals surface area contributed by atoms with Crippen LogP contribution in [0.4, 0.5) is 10.5 Å². The fourth-order valence-electron chi connectivity index (χ4n) is 2.33. The Morgan fingerprint density at radius 3 is 2.55 bits per heavy atom. The van der Waals surface area contributed by atoms with Crippen molar-refractivity contribution in [3.63, 3.8) is 0 Å². The summed E-state index contributed by atoms with van der Waals surface area (Å²) in [4.78, 5) is 14.1. The first-order chi connectivity index (χ1) is 9.43. The summed E-state index contributed by atoms with van der Waals surface area (Å²) in [5, 5.41) is 6.91. The van der Waals surface area contributed by atoms with Crippen molar-refractivity contribution >= 4 is 23.3 Å². The number of benzene rings is 1. The highest BCUT2D eigenvalue weighted by Crippen LogP contribution is 2.23. The second kappa shape index (κ2) is 6.02. The SMILES string of the molecule is CNC1(C)CCN(C(=O)Nc2ccc(C)c(Cl)c2)CC1. The van der Waals surface area contributed by atoms with Crippen LogP contribution >= 0.6 is 11.6 Å². The third-order valence-corrected chi connectivity index (χ3v) is 4.59. The molecule has 0 radical (unpaired) electrons. The minimum atomic E-state index is -0.0527. The number of nitrogens with one attached hydrogen (secondary N) is 2. The molecule has 5 heteroatoms. The summed E-state index contributed by atoms with van der Waals surface area (Å²) in [7, 11) is 1.98. The molecule has 0 aromatic heterocycles. The number of hydrogen-bond acceptors (Lipinski definition) is 2. The van der Waals surface area contributed by atoms with Gasteiger partial charge in [0.1, 0.15) is 0 Å². The van der Waals surface area contributed by atoms with Crippen LogP contribution in [0, 0.1) is 6.92 Å². The molecule has 1 aliphatic heterocycles. The highest BCUT2D eigenvalue weighted by Gasteiger charge is 2.30. The van der Waals surface area contributed by atoms with Crippen molar-refractivity contribution in [1.82, 2.24) is 10.2 Å². The van der Waals surface area contributed by atoms with Gasteiger partial charge in [0.25, 0.3) is 0 Å². The van der Waals surface area contributed by atoms with Crippen molar-refractivity contribution < 1.29 is 4.79 Å². The Morgan fingerprint density at radius 2 is 2.00 bits per heavy atom. The average molecular weight is 296 g/mol. The van der Waals surface area contributed by atoms with E-state index in [4.69, 9.17) is 11.6 Å². The first-order valence-corrected chi connectivity index (χ1v) is 7.32. The maximum absolute atomic E-state index is 12.2. The normalized spacial score (nSPS) is 17.9. The van der Waals surface area contributed by atoms with Crippen LogP contribution in [0.3, 0.4) is 0 Å². The van der Waals surface area contributed by atoms with Gasteiger partial charge in [-0.1, -0.05) is 17.7 Å². The molecule has 0 atom stereocenters. The van der Waals surface area contributed by atoms with Crippen LogP contribution in [-0.2, 0) is 0 Å². The zero-order chi connectivity index (χ0) is 14.8. The number of halogens is 1. The molecule has 1 aliphatic rings. The van der Waals surface area contributed by atoms with Gasteiger partial charge in [-0.25, -0.2) is 4.79 Å². The number of piperidine rings is 1. The van der Waals surface area contributed by atoms with Crippen molar-refractivity contribution in [3.05, 3.63) is 28.8 Å². The maximum atomic E-state index is 12.2. The summed E-state index contributed by atoms with van der Waals surface area (Å²) < 4.78 is 0. The molecular formula is C15H22ClN3O. The van der Waals surface area contributed by atoms with Gasteiger partial charge in [-0.2, -0.15) is 0 Å². The molecule has 1 aromatic rings. The minimum absolute atomic E-state index is 0.0527. The van der Waals surface area contributed by atoms with Gasteiger partial charge < -0.3 is 15.5 Å². The van der Waals surface area contributed by atoms with E-state index in [9.17, 15) is 4.79 Å². The Morgan fingerprint density at radius 1 is 1.35 bits per heavy atom. The average Bonchev–Trinajstić information content (AvgIpc) is 2.43. The maximum Gasteiger partial charge on any atom is 0.321 e. The Kier molecular flexibility index (Phi) is 4.55. The summed E-state index contributed by atoms with van der Waals surface area (Å²) >= 11 is 6.07. The van der Waals surface area contributed by atoms with Crippen molar-refractivity contribution in [2.45, 2.75) is 32.2 Å². The number of likely N-dealkylation sites (tertiary alicyclic amines) is 1. The highest BCUT2D eigenvalue weighted by molar-refractivity contribution is 6.31. The summed E-state index contributed by atoms with van der Waals surface area (Å²) in [5.41, 5.74) is 1.89. The molecule has 110 valence electrons. The largest absolute Gasteiger partial charge is 0.324 e. The van der Waals surface area contributed by atoms with Crippen LogP contribution in [0.25, 0.3) is 0 Å². The fourth-order valence-corrected chi connectivity index (χ4v) is 2.51. The van der Waals surface area contributed by atoms with E-state index in [-0.39, 0.29) is 11.6 Å². The van der Waals surface area contributed by atoms with E-state index in [1.54, 1.807) is 6.07 Å². The topological polar surface area (TPSA) is 44.4 Å². The molecule has 0 aliphatic carbocycles. The Hall–Kier alpha value is -1.26. The van der Waals surface area contributed by atoms with Crippen molar-refractivity contribution in [2.24, 2.45) is 0 Å². The number of anilines is 1. The van der Waals surface area contributed by atoms with E-state index in [1.165, 1.54) is 0 Å². The molecule has 0 spiro atoms. The molecule has 2 amide bonds. The fraction of sp³-hybridized carbons (Fsp3) is 0.533. The van der Waals surface area contributed by atoms with Crippen LogP contribution in [0.1, 0.15) is 25.3 Å². The molecule has 0 unspecified atom stereocenters. The zero-order valence-electron chi connectivity index (χ0n) is 12.3. The lowest BCUT2D eigenvalue weighted by atomic mass is 9.90. The van der Waals surface area contributed by atoms with Gasteiger partial charge in [0.2, 0.25) is 0 Å². The number of carbonyl (C=O) groups is 1. The summed E-state index contributed by atoms with van der Waals surface area (Å²) in [6.45, 7) is 5.67. The van der Waals surface area contributed by atoms with E-state index < -0.39 is 0 Å². The van der Waals surface area contributed by atoms with E-state index >= 15 is 0 Å². The van der Waals surface area contributed by atoms with Crippen LogP contribution in [0.2, 0.25) is 5.02 Å². The smallest absolute Gasteiger partial charge is 0.321 e. The van der Waals surface area contributed by atoms with Gasteiger partial charge in [-0.3, -0.25) is 0 Å². The molecule has 0 saturated carbocycles. The number of urea groups is 1. The van der Waals surface area contributed by atoms with Gasteiger partial charge in [-0.05, 0) is 51.4 Å². The summed E-state index contributed by atoms with van der Waals surface area (Å²) in [6, 6.07) is 5.52. The molecule has 1 heterocycles. The van der Waals surface area contributed by atoms with E-state index in [0.29, 0.717) is 5.02 Å². The van der Waals surface area contributed by atoms with Crippen molar-refractivity contribution in [1.29, 1.82) is 0 Å². The number of aryl methyl sites for hydroxylation is 1. The van der Waals surface area contributed by atoms with E-state index in [2.05, 4.69) is 17.6 Å². The Balaban J connectivity index is 1.94. The third-order valence-electron chi connectivity index (χ3n) is 4.18. The second-order valence-corrected chi connectivity index (χ2v) is 6.10. The molecule has 1 fully saturated rings. The van der Waals surface area contributed by atoms with Crippen molar-refractivity contribution in [2.75, 3.05) is 25.5 Å².